The molecule has 0 radical (unpaired) electrons. The van der Waals surface area contributed by atoms with Crippen LogP contribution >= 0.6 is 8.22 Å². The lowest BCUT2D eigenvalue weighted by Gasteiger charge is -2.49. The number of rotatable bonds is 11. The van der Waals surface area contributed by atoms with E-state index in [0.29, 0.717) is 40.8 Å². The molecule has 0 spiro atoms. The molecule has 0 amide bonds. The average Bonchev–Trinajstić information content (AvgIpc) is 2.48. The first-order valence-electron chi connectivity index (χ1n) is 11.3. The fourth-order valence-electron chi connectivity index (χ4n) is 5.48. The molecule has 28 heavy (non-hydrogen) atoms. The number of hydrogen-bond donors (Lipinski definition) is 0. The van der Waals surface area contributed by atoms with Gasteiger partial charge in [-0.05, 0) is 72.0 Å². The maximum Gasteiger partial charge on any atom is 0.285 e. The quantitative estimate of drug-likeness (QED) is 0.113. The van der Waals surface area contributed by atoms with E-state index < -0.39 is 16.3 Å². The summed E-state index contributed by atoms with van der Waals surface area (Å²) in [4.78, 5) is 4.22. The Hall–Kier alpha value is -0.0531. The molecule has 0 rings (SSSR count). The van der Waals surface area contributed by atoms with Gasteiger partial charge in [0.2, 0.25) is 8.07 Å². The number of nitrogens with zero attached hydrogens (tertiary/aromatic N) is 4. The molecular weight excluding hydrogens is 379 g/mol. The molecule has 0 heterocycles. The zero-order chi connectivity index (χ0) is 22.6. The molecule has 0 unspecified atom stereocenters. The van der Waals surface area contributed by atoms with Gasteiger partial charge < -0.3 is 5.53 Å². The standard InChI is InChI=1S/C22H49N4PSi/c1-15(2)25(16(3)4)27(26(17(5)6)18(7)8)22(24-23)28(19(9)10,20(11)12)21(13)14/h15-21H,1-14H3. The van der Waals surface area contributed by atoms with Gasteiger partial charge in [0.05, 0.1) is 0 Å². The number of hydrogen-bond acceptors (Lipinski definition) is 2. The monoisotopic (exact) mass is 428 g/mol. The SMILES string of the molecule is CC(C)N(C(C)C)P(C(=[N+]=[N-])[Si](C(C)C)(C(C)C)C(C)C)N(C(C)C)C(C)C. The Morgan fingerprint density at radius 2 is 0.857 bits per heavy atom. The largest absolute Gasteiger partial charge is 0.362 e. The zero-order valence-corrected chi connectivity index (χ0v) is 23.2. The minimum absolute atomic E-state index is 0.390. The lowest BCUT2D eigenvalue weighted by molar-refractivity contribution is 0.00143. The van der Waals surface area contributed by atoms with Crippen molar-refractivity contribution >= 4 is 21.4 Å². The van der Waals surface area contributed by atoms with Crippen LogP contribution in [0.1, 0.15) is 96.9 Å². The maximum atomic E-state index is 10.6. The van der Waals surface area contributed by atoms with Crippen LogP contribution in [0, 0.1) is 0 Å². The van der Waals surface area contributed by atoms with Gasteiger partial charge >= 0.3 is 0 Å². The van der Waals surface area contributed by atoms with Crippen LogP contribution in [0.15, 0.2) is 0 Å². The molecule has 0 aromatic heterocycles. The van der Waals surface area contributed by atoms with Crippen molar-refractivity contribution in [2.45, 2.75) is 138 Å². The summed E-state index contributed by atoms with van der Waals surface area (Å²) in [6, 6.07) is 1.56. The molecule has 0 atom stereocenters. The summed E-state index contributed by atoms with van der Waals surface area (Å²) in [5.74, 6) is 0. The van der Waals surface area contributed by atoms with Crippen molar-refractivity contribution in [3.8, 4) is 0 Å². The van der Waals surface area contributed by atoms with Gasteiger partial charge in [0.25, 0.3) is 5.08 Å². The fourth-order valence-corrected chi connectivity index (χ4v) is 18.1. The highest BCUT2D eigenvalue weighted by molar-refractivity contribution is 7.79. The van der Waals surface area contributed by atoms with Crippen LogP contribution < -0.4 is 0 Å². The molecule has 0 saturated carbocycles. The second-order valence-corrected chi connectivity index (χ2v) is 18.4. The lowest BCUT2D eigenvalue weighted by atomic mass is 10.3. The topological polar surface area (TPSA) is 42.9 Å². The summed E-state index contributed by atoms with van der Waals surface area (Å²) in [5.41, 5.74) is 12.1. The Labute approximate surface area is 178 Å². The Bertz CT molecular complexity index is 465. The normalized spacial score (nSPS) is 13.7. The van der Waals surface area contributed by atoms with E-state index in [4.69, 9.17) is 0 Å². The Balaban J connectivity index is 7.11. The van der Waals surface area contributed by atoms with Crippen molar-refractivity contribution in [1.29, 1.82) is 0 Å². The molecule has 0 aliphatic rings. The van der Waals surface area contributed by atoms with Crippen LogP contribution in [-0.4, -0.2) is 51.4 Å². The third-order valence-electron chi connectivity index (χ3n) is 6.09. The van der Waals surface area contributed by atoms with E-state index in [2.05, 4.69) is 111 Å². The lowest BCUT2D eigenvalue weighted by Crippen LogP contribution is -2.57. The molecule has 4 nitrogen and oxygen atoms in total. The van der Waals surface area contributed by atoms with Gasteiger partial charge in [-0.15, -0.1) is 0 Å². The molecular formula is C22H49N4PSi. The second-order valence-electron chi connectivity index (χ2n) is 10.2. The van der Waals surface area contributed by atoms with Gasteiger partial charge in [-0.3, -0.25) is 9.34 Å². The van der Waals surface area contributed by atoms with Crippen molar-refractivity contribution in [2.24, 2.45) is 0 Å². The summed E-state index contributed by atoms with van der Waals surface area (Å²) in [7, 11) is -2.95. The summed E-state index contributed by atoms with van der Waals surface area (Å²) < 4.78 is 5.25. The van der Waals surface area contributed by atoms with Crippen molar-refractivity contribution < 1.29 is 4.79 Å². The molecule has 0 saturated heterocycles. The molecule has 0 fully saturated rings. The third kappa shape index (κ3) is 5.55. The van der Waals surface area contributed by atoms with Gasteiger partial charge in [-0.2, -0.15) is 4.79 Å². The van der Waals surface area contributed by atoms with Crippen molar-refractivity contribution in [3.05, 3.63) is 5.53 Å². The molecule has 0 aliphatic carbocycles. The van der Waals surface area contributed by atoms with Gasteiger partial charge in [0.1, 0.15) is 0 Å². The predicted molar refractivity (Wildman–Crippen MR) is 131 cm³/mol. The first-order valence-corrected chi connectivity index (χ1v) is 14.8. The summed E-state index contributed by atoms with van der Waals surface area (Å²) in [6.07, 6.45) is 0. The van der Waals surface area contributed by atoms with Gasteiger partial charge in [-0.1, -0.05) is 41.5 Å². The van der Waals surface area contributed by atoms with E-state index >= 15 is 0 Å². The van der Waals surface area contributed by atoms with E-state index in [9.17, 15) is 5.53 Å². The average molecular weight is 429 g/mol. The minimum Gasteiger partial charge on any atom is -0.362 e. The zero-order valence-electron chi connectivity index (χ0n) is 21.3. The van der Waals surface area contributed by atoms with Gasteiger partial charge in [0.15, 0.2) is 8.22 Å². The first-order chi connectivity index (χ1) is 12.7. The highest BCUT2D eigenvalue weighted by Gasteiger charge is 2.59. The fraction of sp³-hybridized carbons (Fsp3) is 0.955. The van der Waals surface area contributed by atoms with Crippen molar-refractivity contribution in [2.75, 3.05) is 0 Å². The van der Waals surface area contributed by atoms with E-state index in [1.165, 1.54) is 0 Å². The Morgan fingerprint density at radius 1 is 0.607 bits per heavy atom. The summed E-state index contributed by atoms with van der Waals surface area (Å²) in [6.45, 7) is 32.4. The Morgan fingerprint density at radius 3 is 1.00 bits per heavy atom. The molecule has 0 bridgehead atoms. The second kappa shape index (κ2) is 11.4. The molecule has 0 N–H and O–H groups in total. The highest BCUT2D eigenvalue weighted by atomic mass is 31.1. The molecule has 0 aromatic carbocycles. The summed E-state index contributed by atoms with van der Waals surface area (Å²) >= 11 is 0. The first kappa shape index (κ1) is 27.9. The van der Waals surface area contributed by atoms with Gasteiger partial charge in [-0.25, -0.2) is 0 Å². The Kier molecular flexibility index (Phi) is 11.3. The van der Waals surface area contributed by atoms with E-state index in [0.717, 1.165) is 5.08 Å². The maximum absolute atomic E-state index is 10.6. The van der Waals surface area contributed by atoms with E-state index in [-0.39, 0.29) is 0 Å². The molecule has 6 heteroatoms. The predicted octanol–water partition coefficient (Wildman–Crippen LogP) is 7.38. The van der Waals surface area contributed by atoms with E-state index in [1.807, 2.05) is 0 Å². The van der Waals surface area contributed by atoms with Crippen LogP contribution in [0.25, 0.3) is 5.53 Å². The third-order valence-corrected chi connectivity index (χ3v) is 17.7. The van der Waals surface area contributed by atoms with Crippen molar-refractivity contribution in [3.63, 3.8) is 0 Å². The molecule has 0 aromatic rings. The van der Waals surface area contributed by atoms with Crippen LogP contribution in [0.2, 0.25) is 16.6 Å². The minimum atomic E-state index is -2.08. The summed E-state index contributed by atoms with van der Waals surface area (Å²) in [5, 5.41) is 1.13. The van der Waals surface area contributed by atoms with Crippen LogP contribution in [0.3, 0.4) is 0 Å². The highest BCUT2D eigenvalue weighted by Crippen LogP contribution is 2.58. The van der Waals surface area contributed by atoms with Crippen LogP contribution in [-0.2, 0) is 0 Å². The smallest absolute Gasteiger partial charge is 0.285 e. The van der Waals surface area contributed by atoms with Crippen molar-refractivity contribution in [1.82, 2.24) is 9.34 Å². The molecule has 166 valence electrons. The molecule has 0 aliphatic heterocycles. The van der Waals surface area contributed by atoms with Crippen LogP contribution in [0.5, 0.6) is 0 Å². The van der Waals surface area contributed by atoms with Crippen LogP contribution in [0.4, 0.5) is 0 Å². The van der Waals surface area contributed by atoms with E-state index in [1.54, 1.807) is 0 Å². The van der Waals surface area contributed by atoms with Gasteiger partial charge in [0, 0.05) is 24.2 Å².